The fraction of sp³-hybridized carbons (Fsp3) is 0.788. The number of carbonyl (C=O) groups is 1. The molecule has 3 unspecified atom stereocenters. The molecule has 5 aliphatic carbocycles. The SMILES string of the molecule is CC1(C)CC2C3=CCC4[C@@]5(C)Cc6c(N)n[nH]c6C(C)(C)C5CC[C@@]4(C)[C@]3(C)CC[C@@H]2[C@H](C(=O)CC#N)C1. The normalized spacial score (nSPS) is 44.3. The molecule has 5 aliphatic rings. The number of nitriles is 1. The number of allylic oxidation sites excluding steroid dienone is 2. The van der Waals surface area contributed by atoms with Crippen molar-refractivity contribution in [2.24, 2.45) is 51.2 Å². The van der Waals surface area contributed by atoms with Crippen LogP contribution in [0.5, 0.6) is 0 Å². The summed E-state index contributed by atoms with van der Waals surface area (Å²) in [4.78, 5) is 13.2. The van der Waals surface area contributed by atoms with Crippen LogP contribution in [-0.2, 0) is 16.6 Å². The topological polar surface area (TPSA) is 95.6 Å². The maximum atomic E-state index is 13.2. The van der Waals surface area contributed by atoms with Crippen molar-refractivity contribution in [1.82, 2.24) is 10.2 Å². The Kier molecular flexibility index (Phi) is 5.49. The summed E-state index contributed by atoms with van der Waals surface area (Å²) >= 11 is 0. The van der Waals surface area contributed by atoms with E-state index in [1.54, 1.807) is 5.57 Å². The monoisotopic (exact) mass is 516 g/mol. The molecule has 0 saturated heterocycles. The molecule has 5 nitrogen and oxygen atoms in total. The standard InChI is InChI=1S/C33H48N4O/c1-29(2)16-20-19(21(17-29)24(38)12-15-34)10-13-32(6)23(20)8-9-26-31(5)18-22-27(36-37-28(22)35)30(3,4)25(31)11-14-33(26,32)7/h8,19-21,25-26H,9-14,16-18H2,1-7H3,(H3,35,36,37)/t19-,20?,21+,25?,26?,31-,32+,33+/m0/s1. The Labute approximate surface area is 229 Å². The molecule has 1 aromatic heterocycles. The Morgan fingerprint density at radius 2 is 1.84 bits per heavy atom. The van der Waals surface area contributed by atoms with Crippen LogP contribution < -0.4 is 5.73 Å². The molecule has 0 amide bonds. The van der Waals surface area contributed by atoms with Gasteiger partial charge in [0.1, 0.15) is 11.6 Å². The number of fused-ring (bicyclic) bond motifs is 8. The van der Waals surface area contributed by atoms with Crippen LogP contribution in [0.2, 0.25) is 0 Å². The van der Waals surface area contributed by atoms with Gasteiger partial charge in [-0.25, -0.2) is 0 Å². The van der Waals surface area contributed by atoms with E-state index >= 15 is 0 Å². The second kappa shape index (κ2) is 7.98. The number of hydrogen-bond acceptors (Lipinski definition) is 4. The number of aromatic amines is 1. The predicted octanol–water partition coefficient (Wildman–Crippen LogP) is 7.15. The van der Waals surface area contributed by atoms with Crippen molar-refractivity contribution in [3.8, 4) is 6.07 Å². The van der Waals surface area contributed by atoms with Crippen molar-refractivity contribution in [1.29, 1.82) is 5.26 Å². The molecule has 0 spiro atoms. The number of H-pyrrole nitrogens is 1. The van der Waals surface area contributed by atoms with Gasteiger partial charge in [0.15, 0.2) is 0 Å². The highest BCUT2D eigenvalue weighted by molar-refractivity contribution is 5.83. The summed E-state index contributed by atoms with van der Waals surface area (Å²) in [5.74, 6) is 2.96. The van der Waals surface area contributed by atoms with Gasteiger partial charge in [-0.15, -0.1) is 0 Å². The molecule has 206 valence electrons. The minimum atomic E-state index is 0.0263. The lowest BCUT2D eigenvalue weighted by atomic mass is 9.34. The molecular formula is C33H48N4O. The van der Waals surface area contributed by atoms with E-state index < -0.39 is 0 Å². The van der Waals surface area contributed by atoms with E-state index in [2.05, 4.69) is 70.8 Å². The number of rotatable bonds is 2. The third-order valence-corrected chi connectivity index (χ3v) is 13.4. The third kappa shape index (κ3) is 3.21. The van der Waals surface area contributed by atoms with Gasteiger partial charge in [-0.2, -0.15) is 10.4 Å². The van der Waals surface area contributed by atoms with E-state index in [0.29, 0.717) is 29.5 Å². The van der Waals surface area contributed by atoms with Crippen LogP contribution in [0.15, 0.2) is 11.6 Å². The minimum Gasteiger partial charge on any atom is -0.382 e. The number of Topliss-reactive ketones (excluding diaryl/α,β-unsaturated/α-hetero) is 1. The molecule has 3 fully saturated rings. The fourth-order valence-electron chi connectivity index (χ4n) is 11.6. The van der Waals surface area contributed by atoms with E-state index in [9.17, 15) is 10.1 Å². The lowest BCUT2D eigenvalue weighted by Crippen LogP contribution is -2.63. The van der Waals surface area contributed by atoms with Crippen molar-refractivity contribution >= 4 is 11.6 Å². The van der Waals surface area contributed by atoms with Crippen molar-refractivity contribution in [3.05, 3.63) is 22.9 Å². The number of carbonyl (C=O) groups excluding carboxylic acids is 1. The van der Waals surface area contributed by atoms with Crippen LogP contribution >= 0.6 is 0 Å². The Hall–Kier alpha value is -2.09. The number of aromatic nitrogens is 2. The van der Waals surface area contributed by atoms with Gasteiger partial charge in [0.2, 0.25) is 0 Å². The van der Waals surface area contributed by atoms with Crippen LogP contribution in [-0.4, -0.2) is 16.0 Å². The smallest absolute Gasteiger partial charge is 0.150 e. The lowest BCUT2D eigenvalue weighted by molar-refractivity contribution is -0.156. The molecule has 8 atom stereocenters. The zero-order valence-electron chi connectivity index (χ0n) is 24.7. The van der Waals surface area contributed by atoms with Gasteiger partial charge in [0.05, 0.1) is 12.5 Å². The van der Waals surface area contributed by atoms with E-state index in [1.807, 2.05) is 0 Å². The largest absolute Gasteiger partial charge is 0.382 e. The average molecular weight is 517 g/mol. The van der Waals surface area contributed by atoms with Gasteiger partial charge >= 0.3 is 0 Å². The first-order chi connectivity index (χ1) is 17.7. The number of nitrogen functional groups attached to an aromatic ring is 1. The Morgan fingerprint density at radius 3 is 2.55 bits per heavy atom. The number of nitrogens with two attached hydrogens (primary N) is 1. The molecule has 0 bridgehead atoms. The number of hydrogen-bond donors (Lipinski definition) is 2. The molecule has 3 N–H and O–H groups in total. The highest BCUT2D eigenvalue weighted by Crippen LogP contribution is 2.74. The van der Waals surface area contributed by atoms with Crippen LogP contribution in [0.25, 0.3) is 0 Å². The van der Waals surface area contributed by atoms with Crippen LogP contribution in [0, 0.1) is 62.6 Å². The molecule has 6 rings (SSSR count). The fourth-order valence-corrected chi connectivity index (χ4v) is 11.6. The minimum absolute atomic E-state index is 0.0263. The molecule has 5 heteroatoms. The lowest BCUT2D eigenvalue weighted by Gasteiger charge is -2.70. The highest BCUT2D eigenvalue weighted by atomic mass is 16.1. The van der Waals surface area contributed by atoms with Crippen LogP contribution in [0.4, 0.5) is 5.82 Å². The third-order valence-electron chi connectivity index (χ3n) is 13.4. The predicted molar refractivity (Wildman–Crippen MR) is 151 cm³/mol. The van der Waals surface area contributed by atoms with Crippen molar-refractivity contribution in [2.75, 3.05) is 5.73 Å². The van der Waals surface area contributed by atoms with Gasteiger partial charge in [0, 0.05) is 22.6 Å². The van der Waals surface area contributed by atoms with Crippen LogP contribution in [0.3, 0.4) is 0 Å². The molecule has 1 aromatic rings. The molecule has 0 aliphatic heterocycles. The first kappa shape index (κ1) is 26.1. The zero-order chi connectivity index (χ0) is 27.5. The van der Waals surface area contributed by atoms with Gasteiger partial charge in [-0.05, 0) is 96.7 Å². The summed E-state index contributed by atoms with van der Waals surface area (Å²) < 4.78 is 0. The van der Waals surface area contributed by atoms with Gasteiger partial charge < -0.3 is 5.73 Å². The number of anilines is 1. The maximum absolute atomic E-state index is 13.2. The summed E-state index contributed by atoms with van der Waals surface area (Å²) in [6, 6.07) is 2.16. The Morgan fingerprint density at radius 1 is 1.11 bits per heavy atom. The number of ketones is 1. The Balaban J connectivity index is 1.42. The quantitative estimate of drug-likeness (QED) is 0.408. The van der Waals surface area contributed by atoms with Crippen molar-refractivity contribution in [3.63, 3.8) is 0 Å². The van der Waals surface area contributed by atoms with Crippen LogP contribution in [0.1, 0.15) is 111 Å². The molecule has 0 aromatic carbocycles. The van der Waals surface area contributed by atoms with E-state index in [4.69, 9.17) is 5.73 Å². The van der Waals surface area contributed by atoms with E-state index in [-0.39, 0.29) is 45.2 Å². The van der Waals surface area contributed by atoms with Crippen molar-refractivity contribution < 1.29 is 4.79 Å². The molecule has 1 heterocycles. The zero-order valence-corrected chi connectivity index (χ0v) is 24.7. The summed E-state index contributed by atoms with van der Waals surface area (Å²) in [5, 5.41) is 17.1. The maximum Gasteiger partial charge on any atom is 0.150 e. The summed E-state index contributed by atoms with van der Waals surface area (Å²) in [6.07, 6.45) is 11.7. The number of nitrogens with zero attached hydrogens (tertiary/aromatic N) is 2. The second-order valence-corrected chi connectivity index (χ2v) is 15.9. The molecular weight excluding hydrogens is 468 g/mol. The summed E-state index contributed by atoms with van der Waals surface area (Å²) in [5.41, 5.74) is 11.3. The first-order valence-corrected chi connectivity index (χ1v) is 15.1. The summed E-state index contributed by atoms with van der Waals surface area (Å²) in [7, 11) is 0. The van der Waals surface area contributed by atoms with Crippen molar-refractivity contribution in [2.45, 2.75) is 112 Å². The van der Waals surface area contributed by atoms with Gasteiger partial charge in [-0.1, -0.05) is 60.1 Å². The highest BCUT2D eigenvalue weighted by Gasteiger charge is 2.67. The van der Waals surface area contributed by atoms with Gasteiger partial charge in [-0.3, -0.25) is 9.89 Å². The Bertz CT molecular complexity index is 1250. The summed E-state index contributed by atoms with van der Waals surface area (Å²) in [6.45, 7) is 17.3. The van der Waals surface area contributed by atoms with E-state index in [1.165, 1.54) is 24.1 Å². The van der Waals surface area contributed by atoms with E-state index in [0.717, 1.165) is 38.5 Å². The molecule has 0 radical (unpaired) electrons. The first-order valence-electron chi connectivity index (χ1n) is 15.1. The molecule has 38 heavy (non-hydrogen) atoms. The average Bonchev–Trinajstić information content (AvgIpc) is 3.19. The molecule has 3 saturated carbocycles. The second-order valence-electron chi connectivity index (χ2n) is 15.9. The van der Waals surface area contributed by atoms with Gasteiger partial charge in [0.25, 0.3) is 0 Å². The number of nitrogens with one attached hydrogen (secondary N) is 1.